The van der Waals surface area contributed by atoms with Gasteiger partial charge in [0.1, 0.15) is 13.2 Å². The summed E-state index contributed by atoms with van der Waals surface area (Å²) in [5.41, 5.74) is 2.27. The lowest BCUT2D eigenvalue weighted by atomic mass is 10.1. The van der Waals surface area contributed by atoms with Gasteiger partial charge in [0.25, 0.3) is 0 Å². The minimum Gasteiger partial charge on any atom is -0.486 e. The van der Waals surface area contributed by atoms with Crippen molar-refractivity contribution in [2.24, 2.45) is 0 Å². The number of nitrogens with zero attached hydrogens (tertiary/aromatic N) is 1. The van der Waals surface area contributed by atoms with Crippen molar-refractivity contribution in [2.45, 2.75) is 37.2 Å². The molecule has 2 heterocycles. The summed E-state index contributed by atoms with van der Waals surface area (Å²) in [6, 6.07) is 12.6. The summed E-state index contributed by atoms with van der Waals surface area (Å²) in [6.07, 6.45) is 2.37. The molecule has 31 heavy (non-hydrogen) atoms. The molecule has 2 aromatic rings. The number of sulfone groups is 1. The van der Waals surface area contributed by atoms with Gasteiger partial charge in [0.15, 0.2) is 21.3 Å². The Bertz CT molecular complexity index is 1030. The van der Waals surface area contributed by atoms with Gasteiger partial charge in [-0.1, -0.05) is 24.3 Å². The van der Waals surface area contributed by atoms with Crippen molar-refractivity contribution < 1.29 is 22.7 Å². The first-order chi connectivity index (χ1) is 15.0. The Morgan fingerprint density at radius 1 is 0.968 bits per heavy atom. The first-order valence-corrected chi connectivity index (χ1v) is 12.3. The van der Waals surface area contributed by atoms with Crippen LogP contribution in [-0.4, -0.2) is 51.3 Å². The number of fused-ring (bicyclic) bond motifs is 1. The molecule has 1 N–H and O–H groups in total. The first kappa shape index (κ1) is 21.6. The number of likely N-dealkylation sites (tertiary alicyclic amines) is 1. The molecule has 0 spiro atoms. The van der Waals surface area contributed by atoms with E-state index in [9.17, 15) is 13.2 Å². The van der Waals surface area contributed by atoms with Crippen molar-refractivity contribution in [1.29, 1.82) is 0 Å². The number of carbonyl (C=O) groups is 1. The molecule has 0 saturated carbocycles. The molecule has 1 amide bonds. The van der Waals surface area contributed by atoms with E-state index in [2.05, 4.69) is 16.3 Å². The fourth-order valence-corrected chi connectivity index (χ4v) is 5.16. The number of carbonyl (C=O) groups excluding carboxylic acids is 1. The third-order valence-electron chi connectivity index (χ3n) is 5.66. The highest BCUT2D eigenvalue weighted by Crippen LogP contribution is 2.32. The molecule has 2 aromatic carbocycles. The zero-order valence-electron chi connectivity index (χ0n) is 17.5. The molecule has 2 aliphatic heterocycles. The summed E-state index contributed by atoms with van der Waals surface area (Å²) in [5, 5.41) is 2.87. The largest absolute Gasteiger partial charge is 0.486 e. The molecule has 0 radical (unpaired) electrons. The molecule has 0 aromatic heterocycles. The quantitative estimate of drug-likeness (QED) is 0.674. The number of hydrogen-bond acceptors (Lipinski definition) is 6. The van der Waals surface area contributed by atoms with E-state index in [0.29, 0.717) is 31.3 Å². The summed E-state index contributed by atoms with van der Waals surface area (Å²) in [6.45, 7) is 4.33. The van der Waals surface area contributed by atoms with E-state index in [1.54, 1.807) is 6.07 Å². The number of nitrogens with one attached hydrogen (secondary N) is 1. The van der Waals surface area contributed by atoms with E-state index < -0.39 is 9.84 Å². The van der Waals surface area contributed by atoms with Crippen LogP contribution in [0.15, 0.2) is 47.4 Å². The summed E-state index contributed by atoms with van der Waals surface area (Å²) in [7, 11) is -3.60. The van der Waals surface area contributed by atoms with Crippen LogP contribution in [0, 0.1) is 0 Å². The molecule has 1 fully saturated rings. The minimum absolute atomic E-state index is 0.0922. The fraction of sp³-hybridized carbons (Fsp3) is 0.435. The van der Waals surface area contributed by atoms with Crippen LogP contribution in [-0.2, 0) is 27.7 Å². The fourth-order valence-electron chi connectivity index (χ4n) is 3.91. The van der Waals surface area contributed by atoms with Crippen LogP contribution in [0.1, 0.15) is 30.4 Å². The smallest absolute Gasteiger partial charge is 0.221 e. The topological polar surface area (TPSA) is 84.9 Å². The summed E-state index contributed by atoms with van der Waals surface area (Å²) < 4.78 is 36.2. The number of hydrogen-bond donors (Lipinski definition) is 1. The average Bonchev–Trinajstić information content (AvgIpc) is 3.30. The molecule has 0 unspecified atom stereocenters. The zero-order valence-corrected chi connectivity index (χ0v) is 18.3. The van der Waals surface area contributed by atoms with E-state index in [1.165, 1.54) is 30.5 Å². The maximum absolute atomic E-state index is 12.7. The van der Waals surface area contributed by atoms with Gasteiger partial charge in [0.2, 0.25) is 5.91 Å². The number of ether oxygens (including phenoxy) is 2. The van der Waals surface area contributed by atoms with Crippen molar-refractivity contribution in [3.05, 3.63) is 53.6 Å². The molecule has 7 nitrogen and oxygen atoms in total. The maximum atomic E-state index is 12.7. The molecule has 0 atom stereocenters. The predicted octanol–water partition coefficient (Wildman–Crippen LogP) is 2.53. The molecule has 1 saturated heterocycles. The summed E-state index contributed by atoms with van der Waals surface area (Å²) in [5.74, 6) is 0.424. The van der Waals surface area contributed by atoms with Crippen LogP contribution in [0.25, 0.3) is 0 Å². The second kappa shape index (κ2) is 9.70. The van der Waals surface area contributed by atoms with Gasteiger partial charge < -0.3 is 14.8 Å². The molecule has 8 heteroatoms. The minimum atomic E-state index is -3.60. The highest BCUT2D eigenvalue weighted by Gasteiger charge is 2.21. The van der Waals surface area contributed by atoms with Crippen LogP contribution in [0.5, 0.6) is 11.5 Å². The lowest BCUT2D eigenvalue weighted by molar-refractivity contribution is -0.120. The van der Waals surface area contributed by atoms with Gasteiger partial charge in [-0.15, -0.1) is 0 Å². The SMILES string of the molecule is O=C(CCS(=O)(=O)c1ccc2c(c1)OCCO2)NCc1ccccc1CN1CCCC1. The number of benzene rings is 2. The highest BCUT2D eigenvalue weighted by atomic mass is 32.2. The second-order valence-corrected chi connectivity index (χ2v) is 10.0. The molecule has 2 aliphatic rings. The van der Waals surface area contributed by atoms with Crippen molar-refractivity contribution in [3.8, 4) is 11.5 Å². The van der Waals surface area contributed by atoms with E-state index in [-0.39, 0.29) is 23.0 Å². The van der Waals surface area contributed by atoms with Crippen molar-refractivity contribution in [2.75, 3.05) is 32.1 Å². The van der Waals surface area contributed by atoms with E-state index >= 15 is 0 Å². The Morgan fingerprint density at radius 2 is 1.68 bits per heavy atom. The Labute approximate surface area is 183 Å². The normalized spacial score (nSPS) is 16.3. The van der Waals surface area contributed by atoms with Crippen molar-refractivity contribution in [1.82, 2.24) is 10.2 Å². The lowest BCUT2D eigenvalue weighted by Gasteiger charge is -2.19. The number of rotatable bonds is 8. The third-order valence-corrected chi connectivity index (χ3v) is 7.37. The molecule has 0 bridgehead atoms. The van der Waals surface area contributed by atoms with Crippen molar-refractivity contribution in [3.63, 3.8) is 0 Å². The molecule has 4 rings (SSSR count). The molecule has 166 valence electrons. The number of amides is 1. The lowest BCUT2D eigenvalue weighted by Crippen LogP contribution is -2.26. The Morgan fingerprint density at radius 3 is 2.45 bits per heavy atom. The first-order valence-electron chi connectivity index (χ1n) is 10.7. The zero-order chi connectivity index (χ0) is 21.7. The van der Waals surface area contributed by atoms with E-state index in [0.717, 1.165) is 25.2 Å². The van der Waals surface area contributed by atoms with Gasteiger partial charge in [-0.05, 0) is 49.2 Å². The molecular weight excluding hydrogens is 416 g/mol. The average molecular weight is 445 g/mol. The maximum Gasteiger partial charge on any atom is 0.221 e. The van der Waals surface area contributed by atoms with Crippen LogP contribution in [0.4, 0.5) is 0 Å². The Balaban J connectivity index is 1.31. The monoisotopic (exact) mass is 444 g/mol. The second-order valence-electron chi connectivity index (χ2n) is 7.90. The third kappa shape index (κ3) is 5.57. The molecule has 0 aliphatic carbocycles. The van der Waals surface area contributed by atoms with E-state index in [4.69, 9.17) is 9.47 Å². The van der Waals surface area contributed by atoms with Gasteiger partial charge in [-0.3, -0.25) is 9.69 Å². The highest BCUT2D eigenvalue weighted by molar-refractivity contribution is 7.91. The van der Waals surface area contributed by atoms with Crippen LogP contribution in [0.2, 0.25) is 0 Å². The predicted molar refractivity (Wildman–Crippen MR) is 117 cm³/mol. The van der Waals surface area contributed by atoms with Gasteiger partial charge >= 0.3 is 0 Å². The Kier molecular flexibility index (Phi) is 6.77. The molecular formula is C23H28N2O5S. The van der Waals surface area contributed by atoms with Crippen LogP contribution in [0.3, 0.4) is 0 Å². The van der Waals surface area contributed by atoms with Gasteiger partial charge in [-0.2, -0.15) is 0 Å². The Hall–Kier alpha value is -2.58. The van der Waals surface area contributed by atoms with Crippen LogP contribution < -0.4 is 14.8 Å². The van der Waals surface area contributed by atoms with Gasteiger partial charge in [0.05, 0.1) is 10.6 Å². The summed E-state index contributed by atoms with van der Waals surface area (Å²) in [4.78, 5) is 14.9. The standard InChI is InChI=1S/C23H28N2O5S/c26-23(24-16-18-5-1-2-6-19(18)17-25-10-3-4-11-25)9-14-31(27,28)20-7-8-21-22(15-20)30-13-12-29-21/h1-2,5-8,15H,3-4,9-14,16-17H2,(H,24,26). The van der Waals surface area contributed by atoms with Crippen molar-refractivity contribution >= 4 is 15.7 Å². The van der Waals surface area contributed by atoms with Gasteiger partial charge in [-0.25, -0.2) is 8.42 Å². The van der Waals surface area contributed by atoms with Gasteiger partial charge in [0, 0.05) is 25.6 Å². The summed E-state index contributed by atoms with van der Waals surface area (Å²) >= 11 is 0. The van der Waals surface area contributed by atoms with Crippen LogP contribution >= 0.6 is 0 Å². The van der Waals surface area contributed by atoms with E-state index in [1.807, 2.05) is 18.2 Å².